The molecule has 2 aromatic rings. The number of halogens is 2. The van der Waals surface area contributed by atoms with Crippen LogP contribution < -0.4 is 0 Å². The van der Waals surface area contributed by atoms with Crippen LogP contribution in [-0.2, 0) is 4.79 Å². The van der Waals surface area contributed by atoms with E-state index in [1.54, 1.807) is 23.1 Å². The van der Waals surface area contributed by atoms with Crippen LogP contribution in [0.5, 0.6) is 0 Å². The molecule has 0 bridgehead atoms. The SMILES string of the molecule is O=C(c1ccc(Cl)cc1Cl)N1CC(C(=O)N2CCCC2)C(c2ccccc2)C1. The van der Waals surface area contributed by atoms with Crippen molar-refractivity contribution in [3.8, 4) is 0 Å². The lowest BCUT2D eigenvalue weighted by Crippen LogP contribution is -2.37. The first-order chi connectivity index (χ1) is 13.5. The van der Waals surface area contributed by atoms with Gasteiger partial charge < -0.3 is 9.80 Å². The van der Waals surface area contributed by atoms with Crippen molar-refractivity contribution in [2.24, 2.45) is 5.92 Å². The van der Waals surface area contributed by atoms with Gasteiger partial charge in [0.25, 0.3) is 5.91 Å². The summed E-state index contributed by atoms with van der Waals surface area (Å²) in [4.78, 5) is 30.0. The summed E-state index contributed by atoms with van der Waals surface area (Å²) in [5.74, 6) is -0.233. The van der Waals surface area contributed by atoms with E-state index in [2.05, 4.69) is 0 Å². The van der Waals surface area contributed by atoms with E-state index in [0.717, 1.165) is 31.5 Å². The molecule has 2 amide bonds. The van der Waals surface area contributed by atoms with Gasteiger partial charge in [-0.2, -0.15) is 0 Å². The van der Waals surface area contributed by atoms with Crippen LogP contribution in [0.15, 0.2) is 48.5 Å². The molecule has 0 N–H and O–H groups in total. The zero-order valence-corrected chi connectivity index (χ0v) is 17.0. The number of hydrogen-bond acceptors (Lipinski definition) is 2. The van der Waals surface area contributed by atoms with Gasteiger partial charge in [-0.1, -0.05) is 53.5 Å². The molecule has 6 heteroatoms. The molecule has 146 valence electrons. The number of carbonyl (C=O) groups excluding carboxylic acids is 2. The van der Waals surface area contributed by atoms with E-state index in [9.17, 15) is 9.59 Å². The lowest BCUT2D eigenvalue weighted by atomic mass is 9.88. The van der Waals surface area contributed by atoms with Gasteiger partial charge in [0, 0.05) is 37.1 Å². The topological polar surface area (TPSA) is 40.6 Å². The van der Waals surface area contributed by atoms with Crippen molar-refractivity contribution in [2.45, 2.75) is 18.8 Å². The van der Waals surface area contributed by atoms with Crippen LogP contribution in [0.3, 0.4) is 0 Å². The molecule has 2 fully saturated rings. The van der Waals surface area contributed by atoms with Crippen molar-refractivity contribution >= 4 is 35.0 Å². The number of carbonyl (C=O) groups is 2. The summed E-state index contributed by atoms with van der Waals surface area (Å²) in [7, 11) is 0. The summed E-state index contributed by atoms with van der Waals surface area (Å²) in [6.45, 7) is 2.54. The summed E-state index contributed by atoms with van der Waals surface area (Å²) in [6.07, 6.45) is 2.11. The second kappa shape index (κ2) is 8.14. The summed E-state index contributed by atoms with van der Waals surface area (Å²) < 4.78 is 0. The fourth-order valence-electron chi connectivity index (χ4n) is 4.26. The molecule has 2 unspecified atom stereocenters. The van der Waals surface area contributed by atoms with E-state index in [1.165, 1.54) is 0 Å². The first kappa shape index (κ1) is 19.3. The molecule has 2 heterocycles. The molecule has 4 nitrogen and oxygen atoms in total. The van der Waals surface area contributed by atoms with Gasteiger partial charge in [-0.25, -0.2) is 0 Å². The van der Waals surface area contributed by atoms with Crippen LogP contribution >= 0.6 is 23.2 Å². The fraction of sp³-hybridized carbons (Fsp3) is 0.364. The molecular weight excluding hydrogens is 395 g/mol. The third kappa shape index (κ3) is 3.76. The van der Waals surface area contributed by atoms with Gasteiger partial charge in [0.15, 0.2) is 0 Å². The van der Waals surface area contributed by atoms with Crippen LogP contribution in [0, 0.1) is 5.92 Å². The number of rotatable bonds is 3. The van der Waals surface area contributed by atoms with Gasteiger partial charge >= 0.3 is 0 Å². The first-order valence-corrected chi connectivity index (χ1v) is 10.4. The maximum Gasteiger partial charge on any atom is 0.255 e. The molecule has 0 spiro atoms. The second-order valence-corrected chi connectivity index (χ2v) is 8.33. The maximum atomic E-state index is 13.2. The summed E-state index contributed by atoms with van der Waals surface area (Å²) in [6, 6.07) is 14.9. The monoisotopic (exact) mass is 416 g/mol. The number of hydrogen-bond donors (Lipinski definition) is 0. The quantitative estimate of drug-likeness (QED) is 0.740. The smallest absolute Gasteiger partial charge is 0.255 e. The van der Waals surface area contributed by atoms with Crippen molar-refractivity contribution in [1.29, 1.82) is 0 Å². The molecule has 2 atom stereocenters. The van der Waals surface area contributed by atoms with E-state index in [-0.39, 0.29) is 23.7 Å². The van der Waals surface area contributed by atoms with Gasteiger partial charge in [-0.05, 0) is 36.6 Å². The highest BCUT2D eigenvalue weighted by Gasteiger charge is 2.42. The molecule has 28 heavy (non-hydrogen) atoms. The highest BCUT2D eigenvalue weighted by Crippen LogP contribution is 2.36. The Labute approximate surface area is 175 Å². The van der Waals surface area contributed by atoms with Crippen LogP contribution in [-0.4, -0.2) is 47.8 Å². The van der Waals surface area contributed by atoms with Gasteiger partial charge in [-0.3, -0.25) is 9.59 Å². The van der Waals surface area contributed by atoms with Crippen molar-refractivity contribution in [2.75, 3.05) is 26.2 Å². The Balaban J connectivity index is 1.61. The Hall–Kier alpha value is -2.04. The molecule has 0 saturated carbocycles. The van der Waals surface area contributed by atoms with Crippen molar-refractivity contribution in [3.05, 3.63) is 69.7 Å². The molecule has 2 saturated heterocycles. The molecule has 0 aliphatic carbocycles. The Morgan fingerprint density at radius 1 is 0.893 bits per heavy atom. The third-order valence-corrected chi connectivity index (χ3v) is 6.28. The van der Waals surface area contributed by atoms with Crippen LogP contribution in [0.2, 0.25) is 10.0 Å². The number of nitrogens with zero attached hydrogens (tertiary/aromatic N) is 2. The number of amides is 2. The van der Waals surface area contributed by atoms with Crippen LogP contribution in [0.4, 0.5) is 0 Å². The highest BCUT2D eigenvalue weighted by molar-refractivity contribution is 6.36. The maximum absolute atomic E-state index is 13.2. The average Bonchev–Trinajstić information content (AvgIpc) is 3.38. The molecule has 2 aliphatic heterocycles. The molecular formula is C22H22Cl2N2O2. The van der Waals surface area contributed by atoms with E-state index in [1.807, 2.05) is 35.2 Å². The highest BCUT2D eigenvalue weighted by atomic mass is 35.5. The second-order valence-electron chi connectivity index (χ2n) is 7.49. The predicted octanol–water partition coefficient (Wildman–Crippen LogP) is 4.47. The van der Waals surface area contributed by atoms with E-state index in [4.69, 9.17) is 23.2 Å². The van der Waals surface area contributed by atoms with E-state index in [0.29, 0.717) is 28.7 Å². The minimum absolute atomic E-state index is 0.00988. The number of benzene rings is 2. The summed E-state index contributed by atoms with van der Waals surface area (Å²) in [5.41, 5.74) is 1.52. The van der Waals surface area contributed by atoms with Crippen molar-refractivity contribution < 1.29 is 9.59 Å². The van der Waals surface area contributed by atoms with Gasteiger partial charge in [0.05, 0.1) is 16.5 Å². The molecule has 2 aromatic carbocycles. The van der Waals surface area contributed by atoms with Gasteiger partial charge in [-0.15, -0.1) is 0 Å². The fourth-order valence-corrected chi connectivity index (χ4v) is 4.75. The minimum Gasteiger partial charge on any atom is -0.342 e. The third-order valence-electron chi connectivity index (χ3n) is 5.73. The standard InChI is InChI=1S/C22H22Cl2N2O2/c23-16-8-9-17(20(24)12-16)21(27)26-13-18(15-6-2-1-3-7-15)19(14-26)22(28)25-10-4-5-11-25/h1-3,6-9,12,18-19H,4-5,10-11,13-14H2. The Bertz CT molecular complexity index is 881. The molecule has 0 radical (unpaired) electrons. The Morgan fingerprint density at radius 3 is 2.29 bits per heavy atom. The molecule has 2 aliphatic rings. The molecule has 0 aromatic heterocycles. The average molecular weight is 417 g/mol. The zero-order valence-electron chi connectivity index (χ0n) is 15.5. The van der Waals surface area contributed by atoms with Crippen molar-refractivity contribution in [3.63, 3.8) is 0 Å². The number of likely N-dealkylation sites (tertiary alicyclic amines) is 2. The lowest BCUT2D eigenvalue weighted by Gasteiger charge is -2.23. The van der Waals surface area contributed by atoms with Crippen LogP contribution in [0.25, 0.3) is 0 Å². The predicted molar refractivity (Wildman–Crippen MR) is 111 cm³/mol. The Morgan fingerprint density at radius 2 is 1.61 bits per heavy atom. The molecule has 4 rings (SSSR count). The largest absolute Gasteiger partial charge is 0.342 e. The van der Waals surface area contributed by atoms with E-state index >= 15 is 0 Å². The summed E-state index contributed by atoms with van der Waals surface area (Å²) in [5, 5.41) is 0.829. The lowest BCUT2D eigenvalue weighted by molar-refractivity contribution is -0.134. The van der Waals surface area contributed by atoms with Crippen molar-refractivity contribution in [1.82, 2.24) is 9.80 Å². The Kier molecular flexibility index (Phi) is 5.61. The van der Waals surface area contributed by atoms with Gasteiger partial charge in [0.1, 0.15) is 0 Å². The first-order valence-electron chi connectivity index (χ1n) is 9.62. The normalized spacial score (nSPS) is 21.9. The summed E-state index contributed by atoms with van der Waals surface area (Å²) >= 11 is 12.2. The minimum atomic E-state index is -0.226. The van der Waals surface area contributed by atoms with Gasteiger partial charge in [0.2, 0.25) is 5.91 Å². The zero-order chi connectivity index (χ0) is 19.7. The van der Waals surface area contributed by atoms with Crippen LogP contribution in [0.1, 0.15) is 34.7 Å². The van der Waals surface area contributed by atoms with E-state index < -0.39 is 0 Å².